The molecule has 0 heterocycles. The number of aryl methyl sites for hydroxylation is 1. The van der Waals surface area contributed by atoms with E-state index in [2.05, 4.69) is 5.32 Å². The van der Waals surface area contributed by atoms with Crippen LogP contribution in [0.25, 0.3) is 0 Å². The standard InChI is InChI=1S/C35H37Cl2N3O4S/c1-4-26(3)38-35(42)33(21-27-11-7-5-8-12-27)39(23-28-16-18-29(36)19-17-28)34(41)24-40(30-20-15-25(2)32(37)22-30)45(43,44)31-13-9-6-10-14-31/h5-20,22,26,33H,4,21,23-24H2,1-3H3,(H,38,42)/t26-,33+/m1/s1. The number of carbonyl (C=O) groups is 2. The number of anilines is 1. The van der Waals surface area contributed by atoms with Gasteiger partial charge in [-0.25, -0.2) is 8.42 Å². The van der Waals surface area contributed by atoms with E-state index in [1.807, 2.05) is 51.1 Å². The Labute approximate surface area is 275 Å². The molecule has 0 saturated carbocycles. The lowest BCUT2D eigenvalue weighted by Crippen LogP contribution is -2.54. The number of rotatable bonds is 13. The molecule has 0 saturated heterocycles. The summed E-state index contributed by atoms with van der Waals surface area (Å²) in [5.41, 5.74) is 2.59. The lowest BCUT2D eigenvalue weighted by atomic mass is 10.0. The van der Waals surface area contributed by atoms with E-state index >= 15 is 0 Å². The fraction of sp³-hybridized carbons (Fsp3) is 0.257. The van der Waals surface area contributed by atoms with Gasteiger partial charge in [0.2, 0.25) is 11.8 Å². The molecule has 0 aromatic heterocycles. The minimum Gasteiger partial charge on any atom is -0.352 e. The van der Waals surface area contributed by atoms with Crippen molar-refractivity contribution in [1.82, 2.24) is 10.2 Å². The van der Waals surface area contributed by atoms with E-state index in [1.54, 1.807) is 54.6 Å². The summed E-state index contributed by atoms with van der Waals surface area (Å²) in [4.78, 5) is 29.9. The SMILES string of the molecule is CC[C@@H](C)NC(=O)[C@H](Cc1ccccc1)N(Cc1ccc(Cl)cc1)C(=O)CN(c1ccc(C)c(Cl)c1)S(=O)(=O)c1ccccc1. The van der Waals surface area contributed by atoms with Crippen molar-refractivity contribution in [3.63, 3.8) is 0 Å². The normalized spacial score (nSPS) is 12.6. The van der Waals surface area contributed by atoms with Gasteiger partial charge in [0.25, 0.3) is 10.0 Å². The largest absolute Gasteiger partial charge is 0.352 e. The van der Waals surface area contributed by atoms with Gasteiger partial charge in [0, 0.05) is 29.1 Å². The van der Waals surface area contributed by atoms with Gasteiger partial charge in [-0.2, -0.15) is 0 Å². The maximum atomic E-state index is 14.5. The Morgan fingerprint density at radius 2 is 1.47 bits per heavy atom. The highest BCUT2D eigenvalue weighted by atomic mass is 35.5. The molecule has 0 spiro atoms. The number of carbonyl (C=O) groups excluding carboxylic acids is 2. The van der Waals surface area contributed by atoms with Crippen LogP contribution in [0.15, 0.2) is 108 Å². The molecule has 2 atom stereocenters. The molecule has 4 aromatic carbocycles. The van der Waals surface area contributed by atoms with Crippen LogP contribution in [-0.2, 0) is 32.6 Å². The first kappa shape index (κ1) is 34.0. The maximum Gasteiger partial charge on any atom is 0.264 e. The van der Waals surface area contributed by atoms with Crippen molar-refractivity contribution in [1.29, 1.82) is 0 Å². The number of sulfonamides is 1. The molecule has 0 aliphatic heterocycles. The summed E-state index contributed by atoms with van der Waals surface area (Å²) in [6.07, 6.45) is 0.927. The fourth-order valence-electron chi connectivity index (χ4n) is 4.77. The van der Waals surface area contributed by atoms with Crippen molar-refractivity contribution in [3.05, 3.63) is 130 Å². The van der Waals surface area contributed by atoms with Gasteiger partial charge in [0.1, 0.15) is 12.6 Å². The van der Waals surface area contributed by atoms with Crippen molar-refractivity contribution in [2.24, 2.45) is 0 Å². The Balaban J connectivity index is 1.81. The van der Waals surface area contributed by atoms with Crippen LogP contribution in [-0.4, -0.2) is 43.8 Å². The van der Waals surface area contributed by atoms with E-state index in [1.165, 1.54) is 23.1 Å². The first-order valence-corrected chi connectivity index (χ1v) is 16.9. The number of nitrogens with zero attached hydrogens (tertiary/aromatic N) is 2. The lowest BCUT2D eigenvalue weighted by Gasteiger charge is -2.34. The zero-order valence-corrected chi connectivity index (χ0v) is 27.8. The van der Waals surface area contributed by atoms with Gasteiger partial charge < -0.3 is 10.2 Å². The summed E-state index contributed by atoms with van der Waals surface area (Å²) in [6.45, 7) is 5.16. The minimum absolute atomic E-state index is 0.0223. The van der Waals surface area contributed by atoms with E-state index in [4.69, 9.17) is 23.2 Å². The second-order valence-electron chi connectivity index (χ2n) is 10.9. The van der Waals surface area contributed by atoms with Gasteiger partial charge in [0.15, 0.2) is 0 Å². The summed E-state index contributed by atoms with van der Waals surface area (Å²) in [6, 6.07) is 28.1. The van der Waals surface area contributed by atoms with E-state index in [0.29, 0.717) is 16.5 Å². The predicted octanol–water partition coefficient (Wildman–Crippen LogP) is 7.05. The first-order chi connectivity index (χ1) is 21.5. The Kier molecular flexibility index (Phi) is 11.7. The number of amides is 2. The zero-order chi connectivity index (χ0) is 32.6. The zero-order valence-electron chi connectivity index (χ0n) is 25.5. The quantitative estimate of drug-likeness (QED) is 0.166. The number of halogens is 2. The average Bonchev–Trinajstić information content (AvgIpc) is 3.04. The molecule has 236 valence electrons. The maximum absolute atomic E-state index is 14.5. The van der Waals surface area contributed by atoms with Crippen molar-refractivity contribution < 1.29 is 18.0 Å². The Morgan fingerprint density at radius 1 is 0.844 bits per heavy atom. The third kappa shape index (κ3) is 8.87. The first-order valence-electron chi connectivity index (χ1n) is 14.7. The van der Waals surface area contributed by atoms with Crippen LogP contribution in [0.2, 0.25) is 10.0 Å². The molecule has 45 heavy (non-hydrogen) atoms. The van der Waals surface area contributed by atoms with Gasteiger partial charge in [-0.3, -0.25) is 13.9 Å². The Hall–Kier alpha value is -3.85. The molecule has 0 fully saturated rings. The predicted molar refractivity (Wildman–Crippen MR) is 181 cm³/mol. The van der Waals surface area contributed by atoms with Gasteiger partial charge in [-0.05, 0) is 73.4 Å². The summed E-state index contributed by atoms with van der Waals surface area (Å²) in [5.74, 6) is -0.882. The van der Waals surface area contributed by atoms with Crippen LogP contribution >= 0.6 is 23.2 Å². The Morgan fingerprint density at radius 3 is 2.07 bits per heavy atom. The minimum atomic E-state index is -4.21. The highest BCUT2D eigenvalue weighted by Crippen LogP contribution is 2.29. The highest BCUT2D eigenvalue weighted by molar-refractivity contribution is 7.92. The molecule has 7 nitrogen and oxygen atoms in total. The van der Waals surface area contributed by atoms with Crippen molar-refractivity contribution in [2.45, 2.75) is 57.1 Å². The molecule has 2 amide bonds. The molecule has 0 aliphatic rings. The molecular weight excluding hydrogens is 629 g/mol. The van der Waals surface area contributed by atoms with Crippen LogP contribution in [0.4, 0.5) is 5.69 Å². The average molecular weight is 667 g/mol. The van der Waals surface area contributed by atoms with Gasteiger partial charge in [0.05, 0.1) is 10.6 Å². The monoisotopic (exact) mass is 665 g/mol. The number of hydrogen-bond donors (Lipinski definition) is 1. The van der Waals surface area contributed by atoms with Crippen LogP contribution in [0.5, 0.6) is 0 Å². The Bertz CT molecular complexity index is 1700. The molecule has 10 heteroatoms. The summed E-state index contributed by atoms with van der Waals surface area (Å²) in [5, 5.41) is 3.92. The number of nitrogens with one attached hydrogen (secondary N) is 1. The van der Waals surface area contributed by atoms with Gasteiger partial charge in [-0.15, -0.1) is 0 Å². The molecule has 0 radical (unpaired) electrons. The number of benzene rings is 4. The lowest BCUT2D eigenvalue weighted by molar-refractivity contribution is -0.140. The molecule has 0 bridgehead atoms. The molecule has 0 aliphatic carbocycles. The molecule has 1 N–H and O–H groups in total. The number of hydrogen-bond acceptors (Lipinski definition) is 4. The fourth-order valence-corrected chi connectivity index (χ4v) is 6.49. The van der Waals surface area contributed by atoms with Crippen LogP contribution < -0.4 is 9.62 Å². The topological polar surface area (TPSA) is 86.8 Å². The van der Waals surface area contributed by atoms with E-state index in [-0.39, 0.29) is 35.5 Å². The summed E-state index contributed by atoms with van der Waals surface area (Å²) >= 11 is 12.6. The van der Waals surface area contributed by atoms with Crippen molar-refractivity contribution >= 4 is 50.7 Å². The van der Waals surface area contributed by atoms with Gasteiger partial charge >= 0.3 is 0 Å². The molecular formula is C35H37Cl2N3O4S. The van der Waals surface area contributed by atoms with E-state index in [9.17, 15) is 18.0 Å². The van der Waals surface area contributed by atoms with Crippen LogP contribution in [0.3, 0.4) is 0 Å². The summed E-state index contributed by atoms with van der Waals surface area (Å²) in [7, 11) is -4.21. The second kappa shape index (κ2) is 15.4. The molecule has 4 aromatic rings. The molecule has 0 unspecified atom stereocenters. The van der Waals surface area contributed by atoms with Crippen molar-refractivity contribution in [3.8, 4) is 0 Å². The smallest absolute Gasteiger partial charge is 0.264 e. The summed E-state index contributed by atoms with van der Waals surface area (Å²) < 4.78 is 29.2. The van der Waals surface area contributed by atoms with E-state index in [0.717, 1.165) is 21.0 Å². The highest BCUT2D eigenvalue weighted by Gasteiger charge is 2.35. The van der Waals surface area contributed by atoms with Crippen LogP contribution in [0.1, 0.15) is 37.0 Å². The molecule has 4 rings (SSSR count). The van der Waals surface area contributed by atoms with Crippen molar-refractivity contribution in [2.75, 3.05) is 10.8 Å². The van der Waals surface area contributed by atoms with Crippen LogP contribution in [0, 0.1) is 6.92 Å². The third-order valence-corrected chi connectivity index (χ3v) is 10.0. The third-order valence-electron chi connectivity index (χ3n) is 7.59. The van der Waals surface area contributed by atoms with E-state index < -0.39 is 28.5 Å². The second-order valence-corrected chi connectivity index (χ2v) is 13.6. The van der Waals surface area contributed by atoms with Gasteiger partial charge in [-0.1, -0.05) is 96.9 Å².